The van der Waals surface area contributed by atoms with Crippen LogP contribution in [0.5, 0.6) is 0 Å². The highest BCUT2D eigenvalue weighted by Crippen LogP contribution is 2.42. The number of hydrogen-bond acceptors (Lipinski definition) is 4. The van der Waals surface area contributed by atoms with E-state index in [0.29, 0.717) is 0 Å². The van der Waals surface area contributed by atoms with Crippen LogP contribution in [0, 0.1) is 0 Å². The summed E-state index contributed by atoms with van der Waals surface area (Å²) in [6.07, 6.45) is -7.86. The Kier molecular flexibility index (Phi) is 3.17. The van der Waals surface area contributed by atoms with Gasteiger partial charge in [0.25, 0.3) is 0 Å². The Bertz CT molecular complexity index is 376. The summed E-state index contributed by atoms with van der Waals surface area (Å²) >= 11 is 0. The van der Waals surface area contributed by atoms with Crippen molar-refractivity contribution >= 4 is 11.9 Å². The first-order valence-corrected chi connectivity index (χ1v) is 4.40. The Morgan fingerprint density at radius 2 is 2.12 bits per heavy atom. The molecule has 0 aromatic heterocycles. The Balaban J connectivity index is 2.97. The van der Waals surface area contributed by atoms with Gasteiger partial charge in [0, 0.05) is 5.57 Å². The van der Waals surface area contributed by atoms with E-state index in [9.17, 15) is 27.2 Å². The van der Waals surface area contributed by atoms with Crippen LogP contribution in [0.1, 0.15) is 6.92 Å². The molecule has 4 nitrogen and oxygen atoms in total. The Morgan fingerprint density at radius 1 is 1.59 bits per heavy atom. The highest BCUT2D eigenvalue weighted by atomic mass is 19.4. The van der Waals surface area contributed by atoms with Gasteiger partial charge in [-0.25, -0.2) is 14.0 Å². The maximum Gasteiger partial charge on any atom is 0.437 e. The van der Waals surface area contributed by atoms with Crippen molar-refractivity contribution < 1.29 is 36.6 Å². The van der Waals surface area contributed by atoms with Gasteiger partial charge in [-0.3, -0.25) is 0 Å². The maximum atomic E-state index is 13.6. The molecule has 0 spiro atoms. The molecule has 0 aliphatic carbocycles. The average Bonchev–Trinajstić information content (AvgIpc) is 2.46. The van der Waals surface area contributed by atoms with Gasteiger partial charge < -0.3 is 9.47 Å². The fourth-order valence-corrected chi connectivity index (χ4v) is 1.15. The standard InChI is InChI=1S/C9H8F4O4/c1-4(2)6(14)17-5-3-16-7(15)8(5,10)9(11,12)13/h5H,1,3H2,2H3. The van der Waals surface area contributed by atoms with Crippen LogP contribution in [-0.2, 0) is 19.1 Å². The van der Waals surface area contributed by atoms with Crippen molar-refractivity contribution in [3.63, 3.8) is 0 Å². The maximum absolute atomic E-state index is 13.6. The van der Waals surface area contributed by atoms with Crippen LogP contribution in [0.3, 0.4) is 0 Å². The molecule has 1 fully saturated rings. The van der Waals surface area contributed by atoms with Gasteiger partial charge >= 0.3 is 23.8 Å². The molecule has 0 aromatic carbocycles. The van der Waals surface area contributed by atoms with E-state index in [1.807, 2.05) is 0 Å². The number of cyclic esters (lactones) is 1. The molecule has 0 radical (unpaired) electrons. The number of hydrogen-bond donors (Lipinski definition) is 0. The van der Waals surface area contributed by atoms with Crippen LogP contribution in [0.4, 0.5) is 17.6 Å². The molecule has 96 valence electrons. The van der Waals surface area contributed by atoms with Crippen LogP contribution in [0.15, 0.2) is 12.2 Å². The van der Waals surface area contributed by atoms with Crippen molar-refractivity contribution in [2.24, 2.45) is 0 Å². The van der Waals surface area contributed by atoms with E-state index in [2.05, 4.69) is 16.1 Å². The summed E-state index contributed by atoms with van der Waals surface area (Å²) in [7, 11) is 0. The minimum atomic E-state index is -5.51. The summed E-state index contributed by atoms with van der Waals surface area (Å²) < 4.78 is 59.0. The van der Waals surface area contributed by atoms with E-state index in [1.165, 1.54) is 6.92 Å². The fourth-order valence-electron chi connectivity index (χ4n) is 1.15. The average molecular weight is 256 g/mol. The van der Waals surface area contributed by atoms with Crippen molar-refractivity contribution in [3.8, 4) is 0 Å². The lowest BCUT2D eigenvalue weighted by molar-refractivity contribution is -0.246. The summed E-state index contributed by atoms with van der Waals surface area (Å²) in [5, 5.41) is 0. The van der Waals surface area contributed by atoms with Gasteiger partial charge in [-0.1, -0.05) is 6.58 Å². The molecule has 1 rings (SSSR count). The first-order chi connectivity index (χ1) is 7.60. The fraction of sp³-hybridized carbons (Fsp3) is 0.556. The van der Waals surface area contributed by atoms with Crippen LogP contribution < -0.4 is 0 Å². The molecule has 0 saturated carbocycles. The minimum Gasteiger partial charge on any atom is -0.459 e. The van der Waals surface area contributed by atoms with Crippen molar-refractivity contribution in [3.05, 3.63) is 12.2 Å². The molecule has 1 aliphatic heterocycles. The molecule has 1 saturated heterocycles. The first kappa shape index (κ1) is 13.5. The zero-order valence-corrected chi connectivity index (χ0v) is 8.64. The van der Waals surface area contributed by atoms with Gasteiger partial charge in [-0.05, 0) is 6.92 Å². The SMILES string of the molecule is C=C(C)C(=O)OC1COC(=O)C1(F)C(F)(F)F. The van der Waals surface area contributed by atoms with Crippen molar-refractivity contribution in [2.45, 2.75) is 24.9 Å². The first-order valence-electron chi connectivity index (χ1n) is 4.40. The summed E-state index contributed by atoms with van der Waals surface area (Å²) in [4.78, 5) is 21.8. The van der Waals surface area contributed by atoms with E-state index in [-0.39, 0.29) is 5.57 Å². The molecular weight excluding hydrogens is 248 g/mol. The van der Waals surface area contributed by atoms with Gasteiger partial charge in [0.15, 0.2) is 6.10 Å². The Labute approximate surface area is 93.2 Å². The Hall–Kier alpha value is -1.60. The predicted octanol–water partition coefficient (Wildman–Crippen LogP) is 1.30. The third-order valence-corrected chi connectivity index (χ3v) is 2.12. The number of alkyl halides is 4. The van der Waals surface area contributed by atoms with Crippen LogP contribution in [0.25, 0.3) is 0 Å². The number of esters is 2. The van der Waals surface area contributed by atoms with Crippen molar-refractivity contribution in [1.82, 2.24) is 0 Å². The lowest BCUT2D eigenvalue weighted by atomic mass is 10.0. The van der Waals surface area contributed by atoms with E-state index in [0.717, 1.165) is 0 Å². The highest BCUT2D eigenvalue weighted by molar-refractivity contribution is 5.89. The van der Waals surface area contributed by atoms with Gasteiger partial charge in [-0.2, -0.15) is 13.2 Å². The van der Waals surface area contributed by atoms with E-state index < -0.39 is 36.5 Å². The molecule has 1 heterocycles. The highest BCUT2D eigenvalue weighted by Gasteiger charge is 2.72. The summed E-state index contributed by atoms with van der Waals surface area (Å²) in [5.74, 6) is -3.33. The summed E-state index contributed by atoms with van der Waals surface area (Å²) in [6, 6.07) is 0. The second-order valence-electron chi connectivity index (χ2n) is 3.48. The molecule has 17 heavy (non-hydrogen) atoms. The number of halogens is 4. The summed E-state index contributed by atoms with van der Waals surface area (Å²) in [5.41, 5.74) is -4.54. The Morgan fingerprint density at radius 3 is 2.53 bits per heavy atom. The number of carbonyl (C=O) groups is 2. The zero-order chi connectivity index (χ0) is 13.4. The second kappa shape index (κ2) is 4.01. The minimum absolute atomic E-state index is 0.214. The molecule has 1 aliphatic rings. The summed E-state index contributed by atoms with van der Waals surface area (Å²) in [6.45, 7) is 3.32. The zero-order valence-electron chi connectivity index (χ0n) is 8.64. The smallest absolute Gasteiger partial charge is 0.437 e. The number of rotatable bonds is 2. The van der Waals surface area contributed by atoms with Gasteiger partial charge in [0.2, 0.25) is 0 Å². The van der Waals surface area contributed by atoms with Gasteiger partial charge in [0.1, 0.15) is 6.61 Å². The molecule has 0 N–H and O–H groups in total. The predicted molar refractivity (Wildman–Crippen MR) is 45.5 cm³/mol. The third-order valence-electron chi connectivity index (χ3n) is 2.12. The molecule has 0 aromatic rings. The number of carbonyl (C=O) groups excluding carboxylic acids is 2. The van der Waals surface area contributed by atoms with Crippen LogP contribution in [0.2, 0.25) is 0 Å². The number of ether oxygens (including phenoxy) is 2. The van der Waals surface area contributed by atoms with Crippen LogP contribution in [-0.4, -0.2) is 36.5 Å². The quantitative estimate of drug-likeness (QED) is 0.424. The lowest BCUT2D eigenvalue weighted by Gasteiger charge is -2.24. The van der Waals surface area contributed by atoms with Crippen molar-refractivity contribution in [2.75, 3.05) is 6.61 Å². The van der Waals surface area contributed by atoms with Gasteiger partial charge in [0.05, 0.1) is 0 Å². The van der Waals surface area contributed by atoms with Crippen molar-refractivity contribution in [1.29, 1.82) is 0 Å². The molecule has 0 bridgehead atoms. The van der Waals surface area contributed by atoms with E-state index >= 15 is 0 Å². The largest absolute Gasteiger partial charge is 0.459 e. The van der Waals surface area contributed by atoms with E-state index in [4.69, 9.17) is 0 Å². The van der Waals surface area contributed by atoms with Crippen LogP contribution >= 0.6 is 0 Å². The molecule has 2 unspecified atom stereocenters. The molecule has 2 atom stereocenters. The monoisotopic (exact) mass is 256 g/mol. The third kappa shape index (κ3) is 2.11. The molecule has 0 amide bonds. The molecular formula is C9H8F4O4. The van der Waals surface area contributed by atoms with Gasteiger partial charge in [-0.15, -0.1) is 0 Å². The van der Waals surface area contributed by atoms with E-state index in [1.54, 1.807) is 0 Å². The topological polar surface area (TPSA) is 52.6 Å². The lowest BCUT2D eigenvalue weighted by Crippen LogP contribution is -2.54. The molecule has 8 heteroatoms. The second-order valence-corrected chi connectivity index (χ2v) is 3.48. The normalized spacial score (nSPS) is 28.8.